The average molecular weight is 352 g/mol. The Morgan fingerprint density at radius 2 is 1.92 bits per heavy atom. The van der Waals surface area contributed by atoms with Gasteiger partial charge < -0.3 is 14.4 Å². The van der Waals surface area contributed by atoms with E-state index in [1.807, 2.05) is 26.8 Å². The highest BCUT2D eigenvalue weighted by molar-refractivity contribution is 5.70. The van der Waals surface area contributed by atoms with Crippen molar-refractivity contribution in [3.63, 3.8) is 0 Å². The number of hydrogen-bond acceptors (Lipinski definition) is 4. The minimum absolute atomic E-state index is 0.258. The number of rotatable bonds is 6. The van der Waals surface area contributed by atoms with E-state index in [0.29, 0.717) is 19.7 Å². The molecule has 0 aromatic heterocycles. The Bertz CT molecular complexity index is 474. The van der Waals surface area contributed by atoms with Gasteiger partial charge >= 0.3 is 12.2 Å². The number of unbranched alkanes of at least 4 members (excludes halogenated alkanes) is 1. The van der Waals surface area contributed by atoms with Gasteiger partial charge in [0, 0.05) is 25.5 Å². The molecule has 1 fully saturated rings. The summed E-state index contributed by atoms with van der Waals surface area (Å²) < 4.78 is 10.8. The summed E-state index contributed by atoms with van der Waals surface area (Å²) in [4.78, 5) is 27.1. The van der Waals surface area contributed by atoms with Crippen LogP contribution in [0.5, 0.6) is 0 Å². The Labute approximate surface area is 151 Å². The molecule has 0 radical (unpaired) electrons. The van der Waals surface area contributed by atoms with Gasteiger partial charge in [0.05, 0.1) is 6.61 Å². The van der Waals surface area contributed by atoms with E-state index in [4.69, 9.17) is 9.47 Å². The van der Waals surface area contributed by atoms with Gasteiger partial charge in [0.2, 0.25) is 0 Å². The van der Waals surface area contributed by atoms with E-state index in [2.05, 4.69) is 13.5 Å². The van der Waals surface area contributed by atoms with Gasteiger partial charge in [-0.05, 0) is 46.0 Å². The van der Waals surface area contributed by atoms with Crippen LogP contribution < -0.4 is 0 Å². The van der Waals surface area contributed by atoms with Crippen LogP contribution in [0.25, 0.3) is 0 Å². The molecule has 0 saturated carbocycles. The number of amides is 2. The molecule has 25 heavy (non-hydrogen) atoms. The van der Waals surface area contributed by atoms with Crippen molar-refractivity contribution in [1.29, 1.82) is 0 Å². The van der Waals surface area contributed by atoms with Gasteiger partial charge in [0.25, 0.3) is 0 Å². The number of carbonyl (C=O) groups is 2. The van der Waals surface area contributed by atoms with Crippen LogP contribution in [0.1, 0.15) is 53.4 Å². The molecule has 1 aliphatic heterocycles. The summed E-state index contributed by atoms with van der Waals surface area (Å²) in [5.41, 5.74) is -0.483. The van der Waals surface area contributed by atoms with Crippen LogP contribution in [0, 0.1) is 5.92 Å². The number of hydrogen-bond donors (Lipinski definition) is 0. The van der Waals surface area contributed by atoms with Crippen molar-refractivity contribution in [1.82, 2.24) is 9.80 Å². The molecule has 0 atom stereocenters. The smallest absolute Gasteiger partial charge is 0.417 e. The van der Waals surface area contributed by atoms with E-state index >= 15 is 0 Å². The third kappa shape index (κ3) is 8.09. The molecule has 1 saturated heterocycles. The lowest BCUT2D eigenvalue weighted by molar-refractivity contribution is 0.0144. The third-order valence-corrected chi connectivity index (χ3v) is 3.84. The van der Waals surface area contributed by atoms with Crippen LogP contribution in [-0.2, 0) is 9.47 Å². The zero-order valence-electron chi connectivity index (χ0n) is 16.0. The van der Waals surface area contributed by atoms with Crippen LogP contribution in [0.4, 0.5) is 9.59 Å². The molecule has 0 N–H and O–H groups in total. The van der Waals surface area contributed by atoms with Crippen molar-refractivity contribution in [2.75, 3.05) is 19.7 Å². The maximum Gasteiger partial charge on any atom is 0.417 e. The predicted molar refractivity (Wildman–Crippen MR) is 98.0 cm³/mol. The second-order valence-corrected chi connectivity index (χ2v) is 7.25. The maximum absolute atomic E-state index is 12.0. The number of likely N-dealkylation sites (tertiary alicyclic amines) is 1. The Hall–Kier alpha value is -1.98. The molecule has 6 heteroatoms. The highest BCUT2D eigenvalue weighted by Crippen LogP contribution is 2.20. The molecule has 2 amide bonds. The number of piperidine rings is 1. The molecule has 0 aromatic rings. The standard InChI is InChI=1S/C19H32N2O4/c1-6-8-9-12-20(7-2)17(22)24-15-16-10-13-21(14-11-16)18(23)25-19(3,4)5/h7,9,12,16H,2,6,8,10-11,13-15H2,1,3-5H3/b12-9-. The lowest BCUT2D eigenvalue weighted by atomic mass is 9.98. The molecule has 0 aromatic carbocycles. The quantitative estimate of drug-likeness (QED) is 0.705. The van der Waals surface area contributed by atoms with E-state index in [1.165, 1.54) is 11.1 Å². The molecule has 0 bridgehead atoms. The maximum atomic E-state index is 12.0. The first-order valence-electron chi connectivity index (χ1n) is 8.99. The molecule has 142 valence electrons. The Balaban J connectivity index is 2.35. The highest BCUT2D eigenvalue weighted by atomic mass is 16.6. The molecule has 0 unspecified atom stereocenters. The number of ether oxygens (including phenoxy) is 2. The first-order valence-corrected chi connectivity index (χ1v) is 8.99. The summed E-state index contributed by atoms with van der Waals surface area (Å²) in [6, 6.07) is 0. The van der Waals surface area contributed by atoms with Crippen LogP contribution in [0.2, 0.25) is 0 Å². The van der Waals surface area contributed by atoms with E-state index in [1.54, 1.807) is 11.1 Å². The van der Waals surface area contributed by atoms with E-state index in [0.717, 1.165) is 25.7 Å². The van der Waals surface area contributed by atoms with Crippen molar-refractivity contribution < 1.29 is 19.1 Å². The van der Waals surface area contributed by atoms with Crippen LogP contribution in [0.15, 0.2) is 25.1 Å². The van der Waals surface area contributed by atoms with Gasteiger partial charge in [-0.2, -0.15) is 0 Å². The molecule has 1 heterocycles. The first kappa shape index (κ1) is 21.1. The lowest BCUT2D eigenvalue weighted by Crippen LogP contribution is -2.42. The van der Waals surface area contributed by atoms with Crippen LogP contribution in [-0.4, -0.2) is 47.3 Å². The van der Waals surface area contributed by atoms with E-state index < -0.39 is 11.7 Å². The normalized spacial score (nSPS) is 15.9. The lowest BCUT2D eigenvalue weighted by Gasteiger charge is -2.33. The number of allylic oxidation sites excluding steroid dienone is 1. The van der Waals surface area contributed by atoms with Crippen molar-refractivity contribution in [3.8, 4) is 0 Å². The number of carbonyl (C=O) groups excluding carboxylic acids is 2. The molecule has 6 nitrogen and oxygen atoms in total. The first-order chi connectivity index (χ1) is 11.8. The average Bonchev–Trinajstić information content (AvgIpc) is 2.55. The number of nitrogens with zero attached hydrogens (tertiary/aromatic N) is 2. The highest BCUT2D eigenvalue weighted by Gasteiger charge is 2.27. The fourth-order valence-electron chi connectivity index (χ4n) is 2.42. The molecular formula is C19H32N2O4. The Morgan fingerprint density at radius 3 is 2.44 bits per heavy atom. The second kappa shape index (κ2) is 10.1. The summed E-state index contributed by atoms with van der Waals surface area (Å²) in [7, 11) is 0. The van der Waals surface area contributed by atoms with E-state index in [-0.39, 0.29) is 12.0 Å². The molecule has 0 spiro atoms. The third-order valence-electron chi connectivity index (χ3n) is 3.84. The van der Waals surface area contributed by atoms with E-state index in [9.17, 15) is 9.59 Å². The molecule has 1 aliphatic rings. The van der Waals surface area contributed by atoms with Gasteiger partial charge in [-0.25, -0.2) is 9.59 Å². The SMILES string of the molecule is C=CN(/C=C\CCC)C(=O)OCC1CCN(C(=O)OC(C)(C)C)CC1. The Morgan fingerprint density at radius 1 is 1.28 bits per heavy atom. The molecule has 1 rings (SSSR count). The van der Waals surface area contributed by atoms with Crippen molar-refractivity contribution in [2.45, 2.75) is 59.0 Å². The van der Waals surface area contributed by atoms with Crippen molar-refractivity contribution in [3.05, 3.63) is 25.1 Å². The van der Waals surface area contributed by atoms with Gasteiger partial charge in [-0.3, -0.25) is 4.90 Å². The zero-order chi connectivity index (χ0) is 18.9. The predicted octanol–water partition coefficient (Wildman–Crippen LogP) is 4.53. The van der Waals surface area contributed by atoms with Crippen LogP contribution in [0.3, 0.4) is 0 Å². The van der Waals surface area contributed by atoms with Crippen LogP contribution >= 0.6 is 0 Å². The summed E-state index contributed by atoms with van der Waals surface area (Å²) in [6.45, 7) is 12.9. The zero-order valence-corrected chi connectivity index (χ0v) is 16.0. The fraction of sp³-hybridized carbons (Fsp3) is 0.684. The summed E-state index contributed by atoms with van der Waals surface area (Å²) >= 11 is 0. The second-order valence-electron chi connectivity index (χ2n) is 7.25. The van der Waals surface area contributed by atoms with Gasteiger partial charge in [0.15, 0.2) is 0 Å². The summed E-state index contributed by atoms with van der Waals surface area (Å²) in [6.07, 6.45) is 7.87. The minimum Gasteiger partial charge on any atom is -0.449 e. The Kier molecular flexibility index (Phi) is 8.52. The topological polar surface area (TPSA) is 59.1 Å². The van der Waals surface area contributed by atoms with Gasteiger partial charge in [-0.15, -0.1) is 0 Å². The van der Waals surface area contributed by atoms with Gasteiger partial charge in [0.1, 0.15) is 5.60 Å². The fourth-order valence-corrected chi connectivity index (χ4v) is 2.42. The monoisotopic (exact) mass is 352 g/mol. The largest absolute Gasteiger partial charge is 0.449 e. The minimum atomic E-state index is -0.483. The summed E-state index contributed by atoms with van der Waals surface area (Å²) in [5, 5.41) is 0. The summed E-state index contributed by atoms with van der Waals surface area (Å²) in [5.74, 6) is 0.258. The van der Waals surface area contributed by atoms with Gasteiger partial charge in [-0.1, -0.05) is 26.0 Å². The van der Waals surface area contributed by atoms with Crippen molar-refractivity contribution in [2.24, 2.45) is 5.92 Å². The van der Waals surface area contributed by atoms with Crippen molar-refractivity contribution >= 4 is 12.2 Å². The molecular weight excluding hydrogens is 320 g/mol. The molecule has 0 aliphatic carbocycles.